The smallest absolute Gasteiger partial charge is 0.335 e. The molecule has 0 amide bonds. The molecule has 0 spiro atoms. The summed E-state index contributed by atoms with van der Waals surface area (Å²) in [5, 5.41) is 31.6. The van der Waals surface area contributed by atoms with Crippen LogP contribution in [0.3, 0.4) is 0 Å². The second kappa shape index (κ2) is 57.4. The van der Waals surface area contributed by atoms with Crippen LogP contribution in [0.2, 0.25) is 0 Å². The molecule has 12 heteroatoms. The molecule has 6 atom stereocenters. The number of rotatable bonds is 59. The lowest BCUT2D eigenvalue weighted by Gasteiger charge is -2.40. The van der Waals surface area contributed by atoms with E-state index in [2.05, 4.69) is 57.2 Å². The van der Waals surface area contributed by atoms with Crippen LogP contribution in [0.25, 0.3) is 0 Å². The fourth-order valence-electron chi connectivity index (χ4n) is 10.5. The quantitative estimate of drug-likeness (QED) is 0.0228. The van der Waals surface area contributed by atoms with Crippen LogP contribution >= 0.6 is 0 Å². The standard InChI is InChI=1S/C69H124O12/c1-4-7-10-13-16-19-22-25-27-29-31-33-35-38-40-43-46-49-52-55-61(70)77-58-60(79-62(71)56-53-50-47-44-42-39-36-34-32-30-28-26-23-20-17-14-11-8-5-2)59-78-69-67(65(74)64(73)66(81-69)68(75)76)80-63(72)57-54-51-48-45-41-37-24-21-18-15-12-9-6-3/h16,19,25,27,31,33,60,64-67,69,73-74H,4-15,17-18,20-24,26,28-30,32,34-59H2,1-3H3,(H,75,76)/b19-16-,27-25-,33-31-. The molecule has 3 N–H and O–H groups in total. The van der Waals surface area contributed by atoms with Crippen molar-refractivity contribution in [1.29, 1.82) is 0 Å². The number of unbranched alkanes of at least 4 members (excludes halogenated alkanes) is 39. The Morgan fingerprint density at radius 1 is 0.407 bits per heavy atom. The van der Waals surface area contributed by atoms with Gasteiger partial charge in [0.05, 0.1) is 6.61 Å². The van der Waals surface area contributed by atoms with E-state index in [1.165, 1.54) is 173 Å². The lowest BCUT2D eigenvalue weighted by atomic mass is 9.98. The van der Waals surface area contributed by atoms with Crippen LogP contribution < -0.4 is 0 Å². The van der Waals surface area contributed by atoms with Crippen LogP contribution in [-0.4, -0.2) is 89.2 Å². The molecular formula is C69H124O12. The number of aliphatic carboxylic acids is 1. The molecule has 0 aromatic heterocycles. The van der Waals surface area contributed by atoms with Crippen LogP contribution in [0.1, 0.15) is 329 Å². The Morgan fingerprint density at radius 3 is 1.15 bits per heavy atom. The molecule has 472 valence electrons. The first-order valence-corrected chi connectivity index (χ1v) is 34.0. The van der Waals surface area contributed by atoms with Gasteiger partial charge in [0.1, 0.15) is 18.8 Å². The number of allylic oxidation sites excluding steroid dienone is 6. The number of carbonyl (C=O) groups is 4. The van der Waals surface area contributed by atoms with Crippen molar-refractivity contribution in [2.24, 2.45) is 0 Å². The Hall–Kier alpha value is -3.06. The first-order chi connectivity index (χ1) is 39.6. The van der Waals surface area contributed by atoms with Gasteiger partial charge in [0.25, 0.3) is 0 Å². The van der Waals surface area contributed by atoms with Gasteiger partial charge in [0.15, 0.2) is 24.6 Å². The molecule has 0 aliphatic carbocycles. The summed E-state index contributed by atoms with van der Waals surface area (Å²) in [7, 11) is 0. The number of aliphatic hydroxyl groups excluding tert-OH is 2. The van der Waals surface area contributed by atoms with Gasteiger partial charge in [-0.2, -0.15) is 0 Å². The molecule has 0 radical (unpaired) electrons. The Balaban J connectivity index is 2.63. The monoisotopic (exact) mass is 1140 g/mol. The molecule has 1 fully saturated rings. The molecule has 81 heavy (non-hydrogen) atoms. The fourth-order valence-corrected chi connectivity index (χ4v) is 10.5. The molecule has 1 aliphatic heterocycles. The Kier molecular flexibility index (Phi) is 53.8. The zero-order valence-corrected chi connectivity index (χ0v) is 52.3. The van der Waals surface area contributed by atoms with Crippen LogP contribution in [0.5, 0.6) is 0 Å². The molecule has 1 saturated heterocycles. The third-order valence-corrected chi connectivity index (χ3v) is 15.7. The first-order valence-electron chi connectivity index (χ1n) is 34.0. The largest absolute Gasteiger partial charge is 0.479 e. The number of aliphatic hydroxyl groups is 2. The van der Waals surface area contributed by atoms with E-state index in [0.717, 1.165) is 96.3 Å². The van der Waals surface area contributed by atoms with Gasteiger partial charge in [-0.3, -0.25) is 14.4 Å². The minimum Gasteiger partial charge on any atom is -0.479 e. The number of hydrogen-bond acceptors (Lipinski definition) is 11. The average molecular weight is 1150 g/mol. The maximum atomic E-state index is 13.2. The highest BCUT2D eigenvalue weighted by molar-refractivity contribution is 5.74. The predicted octanol–water partition coefficient (Wildman–Crippen LogP) is 18.4. The summed E-state index contributed by atoms with van der Waals surface area (Å²) < 4.78 is 28.6. The minimum absolute atomic E-state index is 0.0651. The highest BCUT2D eigenvalue weighted by atomic mass is 16.7. The van der Waals surface area contributed by atoms with Crippen LogP contribution in [0.15, 0.2) is 36.5 Å². The van der Waals surface area contributed by atoms with Crippen molar-refractivity contribution in [2.75, 3.05) is 13.2 Å². The second-order valence-electron chi connectivity index (χ2n) is 23.5. The zero-order chi connectivity index (χ0) is 58.9. The van der Waals surface area contributed by atoms with Crippen molar-refractivity contribution >= 4 is 23.9 Å². The molecule has 1 rings (SSSR count). The number of esters is 3. The summed E-state index contributed by atoms with van der Waals surface area (Å²) in [5.41, 5.74) is 0. The number of carboxylic acid groups (broad SMARTS) is 1. The Morgan fingerprint density at radius 2 is 0.741 bits per heavy atom. The summed E-state index contributed by atoms with van der Waals surface area (Å²) >= 11 is 0. The highest BCUT2D eigenvalue weighted by Gasteiger charge is 2.50. The van der Waals surface area contributed by atoms with Gasteiger partial charge in [-0.25, -0.2) is 4.79 Å². The molecule has 1 heterocycles. The average Bonchev–Trinajstić information content (AvgIpc) is 3.46. The lowest BCUT2D eigenvalue weighted by molar-refractivity contribution is -0.301. The van der Waals surface area contributed by atoms with Gasteiger partial charge in [-0.05, 0) is 57.8 Å². The normalized spacial score (nSPS) is 17.9. The third-order valence-electron chi connectivity index (χ3n) is 15.7. The molecule has 12 nitrogen and oxygen atoms in total. The van der Waals surface area contributed by atoms with E-state index in [0.29, 0.717) is 19.3 Å². The SMILES string of the molecule is CCCCC/C=C\C/C=C\C/C=C\CCCCCCCCC(=O)OCC(COC1OC(C(=O)O)C(O)C(O)C1OC(=O)CCCCCCCCCCCCCCC)OC(=O)CCCCCCCCCCCCCCCCCCCCC. The van der Waals surface area contributed by atoms with Gasteiger partial charge < -0.3 is 39.0 Å². The van der Waals surface area contributed by atoms with Crippen LogP contribution in [0.4, 0.5) is 0 Å². The van der Waals surface area contributed by atoms with Crippen LogP contribution in [-0.2, 0) is 42.9 Å². The number of carbonyl (C=O) groups excluding carboxylic acids is 3. The zero-order valence-electron chi connectivity index (χ0n) is 52.3. The summed E-state index contributed by atoms with van der Waals surface area (Å²) in [6.07, 6.45) is 56.7. The summed E-state index contributed by atoms with van der Waals surface area (Å²) in [6.45, 7) is 6.01. The van der Waals surface area contributed by atoms with Gasteiger partial charge in [0.2, 0.25) is 0 Å². The van der Waals surface area contributed by atoms with E-state index in [-0.39, 0.29) is 25.9 Å². The predicted molar refractivity (Wildman–Crippen MR) is 331 cm³/mol. The van der Waals surface area contributed by atoms with Crippen molar-refractivity contribution in [3.8, 4) is 0 Å². The van der Waals surface area contributed by atoms with Gasteiger partial charge in [-0.1, -0.05) is 288 Å². The molecule has 0 bridgehead atoms. The van der Waals surface area contributed by atoms with Gasteiger partial charge in [-0.15, -0.1) is 0 Å². The van der Waals surface area contributed by atoms with Crippen molar-refractivity contribution in [2.45, 2.75) is 366 Å². The molecule has 6 unspecified atom stereocenters. The van der Waals surface area contributed by atoms with Gasteiger partial charge in [0, 0.05) is 19.3 Å². The maximum Gasteiger partial charge on any atom is 0.335 e. The third kappa shape index (κ3) is 46.9. The lowest BCUT2D eigenvalue weighted by Crippen LogP contribution is -2.61. The summed E-state index contributed by atoms with van der Waals surface area (Å²) in [5.74, 6) is -3.10. The molecular weight excluding hydrogens is 1020 g/mol. The highest BCUT2D eigenvalue weighted by Crippen LogP contribution is 2.27. The number of carboxylic acids is 1. The Labute approximate surface area is 495 Å². The van der Waals surface area contributed by atoms with E-state index >= 15 is 0 Å². The first kappa shape index (κ1) is 76.0. The number of ether oxygens (including phenoxy) is 5. The summed E-state index contributed by atoms with van der Waals surface area (Å²) in [6, 6.07) is 0. The molecule has 1 aliphatic rings. The number of hydrogen-bond donors (Lipinski definition) is 3. The van der Waals surface area contributed by atoms with E-state index in [9.17, 15) is 34.5 Å². The van der Waals surface area contributed by atoms with Gasteiger partial charge >= 0.3 is 23.9 Å². The van der Waals surface area contributed by atoms with Crippen molar-refractivity contribution < 1.29 is 58.2 Å². The molecule has 0 aromatic carbocycles. The minimum atomic E-state index is -1.90. The second-order valence-corrected chi connectivity index (χ2v) is 23.5. The molecule has 0 saturated carbocycles. The van der Waals surface area contributed by atoms with Crippen LogP contribution in [0, 0.1) is 0 Å². The van der Waals surface area contributed by atoms with Crippen molar-refractivity contribution in [3.63, 3.8) is 0 Å². The topological polar surface area (TPSA) is 175 Å². The van der Waals surface area contributed by atoms with E-state index < -0.39 is 67.3 Å². The van der Waals surface area contributed by atoms with E-state index in [4.69, 9.17) is 23.7 Å². The molecule has 0 aromatic rings. The van der Waals surface area contributed by atoms with E-state index in [1.54, 1.807) is 0 Å². The maximum absolute atomic E-state index is 13.2. The Bertz CT molecular complexity index is 1550. The van der Waals surface area contributed by atoms with Crippen molar-refractivity contribution in [3.05, 3.63) is 36.5 Å². The fraction of sp³-hybridized carbons (Fsp3) is 0.855. The van der Waals surface area contributed by atoms with Crippen molar-refractivity contribution in [1.82, 2.24) is 0 Å². The van der Waals surface area contributed by atoms with E-state index in [1.807, 2.05) is 0 Å². The summed E-state index contributed by atoms with van der Waals surface area (Å²) in [4.78, 5) is 51.4.